The summed E-state index contributed by atoms with van der Waals surface area (Å²) in [5.41, 5.74) is 8.63. The van der Waals surface area contributed by atoms with Crippen LogP contribution in [0.25, 0.3) is 22.5 Å². The summed E-state index contributed by atoms with van der Waals surface area (Å²) < 4.78 is 44.9. The number of morpholine rings is 1. The van der Waals surface area contributed by atoms with Gasteiger partial charge in [0.25, 0.3) is 5.91 Å². The van der Waals surface area contributed by atoms with Crippen LogP contribution < -0.4 is 5.73 Å². The van der Waals surface area contributed by atoms with Gasteiger partial charge in [-0.2, -0.15) is 13.2 Å². The van der Waals surface area contributed by atoms with E-state index in [2.05, 4.69) is 4.98 Å². The highest BCUT2D eigenvalue weighted by Gasteiger charge is 2.31. The second-order valence-electron chi connectivity index (χ2n) is 8.28. The van der Waals surface area contributed by atoms with Gasteiger partial charge in [-0.25, -0.2) is 4.98 Å². The van der Waals surface area contributed by atoms with Gasteiger partial charge in [-0.1, -0.05) is 18.2 Å². The maximum Gasteiger partial charge on any atom is 0.416 e. The molecule has 3 aromatic rings. The molecule has 2 aliphatic rings. The van der Waals surface area contributed by atoms with Gasteiger partial charge in [0.1, 0.15) is 0 Å². The Labute approximate surface area is 193 Å². The molecule has 0 bridgehead atoms. The molecular formula is C25H20F3N3O3. The Bertz CT molecular complexity index is 1310. The molecule has 1 aromatic heterocycles. The van der Waals surface area contributed by atoms with Crippen LogP contribution in [0.5, 0.6) is 0 Å². The van der Waals surface area contributed by atoms with Crippen molar-refractivity contribution in [2.24, 2.45) is 5.73 Å². The summed E-state index contributed by atoms with van der Waals surface area (Å²) in [6.45, 7) is 2.02. The summed E-state index contributed by atoms with van der Waals surface area (Å²) in [7, 11) is 0. The second kappa shape index (κ2) is 8.25. The Kier molecular flexibility index (Phi) is 5.36. The number of primary amides is 1. The van der Waals surface area contributed by atoms with Crippen molar-refractivity contribution >= 4 is 11.8 Å². The maximum absolute atomic E-state index is 13.2. The molecule has 0 radical (unpaired) electrons. The molecule has 9 heteroatoms. The van der Waals surface area contributed by atoms with Crippen molar-refractivity contribution < 1.29 is 27.5 Å². The molecule has 0 saturated carbocycles. The predicted octanol–water partition coefficient (Wildman–Crippen LogP) is 3.91. The smallest absolute Gasteiger partial charge is 0.378 e. The van der Waals surface area contributed by atoms with Crippen LogP contribution in [-0.4, -0.2) is 48.0 Å². The monoisotopic (exact) mass is 467 g/mol. The largest absolute Gasteiger partial charge is 0.416 e. The topological polar surface area (TPSA) is 85.5 Å². The SMILES string of the molecule is NC(=O)c1cc(-c2cccc(C(F)(F)F)c2)nc2c1Cc1cc(C(=O)N3CCOCC3)ccc1-2. The molecule has 5 rings (SSSR count). The third-order valence-corrected chi connectivity index (χ3v) is 6.15. The lowest BCUT2D eigenvalue weighted by molar-refractivity contribution is -0.137. The fourth-order valence-electron chi connectivity index (χ4n) is 4.44. The molecule has 1 fully saturated rings. The number of benzene rings is 2. The first-order valence-corrected chi connectivity index (χ1v) is 10.7. The number of nitrogens with two attached hydrogens (primary N) is 1. The molecular weight excluding hydrogens is 447 g/mol. The van der Waals surface area contributed by atoms with E-state index in [4.69, 9.17) is 10.5 Å². The van der Waals surface area contributed by atoms with Gasteiger partial charge in [0, 0.05) is 41.8 Å². The van der Waals surface area contributed by atoms with E-state index in [9.17, 15) is 22.8 Å². The summed E-state index contributed by atoms with van der Waals surface area (Å²) in [6, 6.07) is 11.5. The molecule has 0 unspecified atom stereocenters. The number of halogens is 3. The molecule has 34 heavy (non-hydrogen) atoms. The van der Waals surface area contributed by atoms with Crippen molar-refractivity contribution in [3.8, 4) is 22.5 Å². The summed E-state index contributed by atoms with van der Waals surface area (Å²) >= 11 is 0. The quantitative estimate of drug-likeness (QED) is 0.495. The molecule has 0 atom stereocenters. The van der Waals surface area contributed by atoms with E-state index in [1.54, 1.807) is 23.1 Å². The van der Waals surface area contributed by atoms with Crippen LogP contribution in [0.2, 0.25) is 0 Å². The first-order valence-electron chi connectivity index (χ1n) is 10.7. The third kappa shape index (κ3) is 3.92. The summed E-state index contributed by atoms with van der Waals surface area (Å²) in [5, 5.41) is 0. The van der Waals surface area contributed by atoms with E-state index in [0.717, 1.165) is 23.3 Å². The highest BCUT2D eigenvalue weighted by Crippen LogP contribution is 2.40. The summed E-state index contributed by atoms with van der Waals surface area (Å²) in [5.74, 6) is -0.793. The number of fused-ring (bicyclic) bond motifs is 3. The van der Waals surface area contributed by atoms with Gasteiger partial charge in [-0.3, -0.25) is 9.59 Å². The molecule has 0 spiro atoms. The van der Waals surface area contributed by atoms with Gasteiger partial charge in [0.15, 0.2) is 0 Å². The molecule has 2 aromatic carbocycles. The lowest BCUT2D eigenvalue weighted by Gasteiger charge is -2.27. The summed E-state index contributed by atoms with van der Waals surface area (Å²) in [4.78, 5) is 31.5. The van der Waals surface area contributed by atoms with Gasteiger partial charge < -0.3 is 15.4 Å². The van der Waals surface area contributed by atoms with Gasteiger partial charge in [0.2, 0.25) is 5.91 Å². The lowest BCUT2D eigenvalue weighted by atomic mass is 10.0. The number of hydrogen-bond acceptors (Lipinski definition) is 4. The number of carbonyl (C=O) groups is 2. The van der Waals surface area contributed by atoms with Crippen LogP contribution in [0.1, 0.15) is 37.4 Å². The van der Waals surface area contributed by atoms with E-state index in [1.807, 2.05) is 0 Å². The van der Waals surface area contributed by atoms with Crippen LogP contribution in [0, 0.1) is 0 Å². The van der Waals surface area contributed by atoms with Gasteiger partial charge in [0.05, 0.1) is 30.2 Å². The number of carbonyl (C=O) groups excluding carboxylic acids is 2. The molecule has 1 aliphatic carbocycles. The number of ether oxygens (including phenoxy) is 1. The maximum atomic E-state index is 13.2. The van der Waals surface area contributed by atoms with E-state index in [1.165, 1.54) is 18.2 Å². The minimum absolute atomic E-state index is 0.102. The molecule has 174 valence electrons. The van der Waals surface area contributed by atoms with Crippen molar-refractivity contribution in [1.82, 2.24) is 9.88 Å². The minimum atomic E-state index is -4.50. The number of hydrogen-bond donors (Lipinski definition) is 1. The molecule has 2 heterocycles. The zero-order chi connectivity index (χ0) is 24.0. The molecule has 1 saturated heterocycles. The second-order valence-corrected chi connectivity index (χ2v) is 8.28. The zero-order valence-corrected chi connectivity index (χ0v) is 18.0. The molecule has 2 N–H and O–H groups in total. The normalized spacial score (nSPS) is 15.1. The van der Waals surface area contributed by atoms with Crippen molar-refractivity contribution in [3.05, 3.63) is 76.3 Å². The average Bonchev–Trinajstić information content (AvgIpc) is 3.20. The lowest BCUT2D eigenvalue weighted by Crippen LogP contribution is -2.40. The van der Waals surface area contributed by atoms with Crippen molar-refractivity contribution in [2.75, 3.05) is 26.3 Å². The van der Waals surface area contributed by atoms with E-state index >= 15 is 0 Å². The van der Waals surface area contributed by atoms with Gasteiger partial charge in [-0.15, -0.1) is 0 Å². The Hall–Kier alpha value is -3.72. The number of pyridine rings is 1. The number of alkyl halides is 3. The minimum Gasteiger partial charge on any atom is -0.378 e. The number of aromatic nitrogens is 1. The number of rotatable bonds is 3. The van der Waals surface area contributed by atoms with Gasteiger partial charge >= 0.3 is 6.18 Å². The highest BCUT2D eigenvalue weighted by molar-refractivity contribution is 6.00. The van der Waals surface area contributed by atoms with Crippen LogP contribution in [0.15, 0.2) is 48.5 Å². The van der Waals surface area contributed by atoms with Crippen LogP contribution >= 0.6 is 0 Å². The third-order valence-electron chi connectivity index (χ3n) is 6.15. The van der Waals surface area contributed by atoms with Gasteiger partial charge in [-0.05, 0) is 41.5 Å². The molecule has 2 amide bonds. The summed E-state index contributed by atoms with van der Waals surface area (Å²) in [6.07, 6.45) is -4.15. The molecule has 6 nitrogen and oxygen atoms in total. The van der Waals surface area contributed by atoms with E-state index in [0.29, 0.717) is 49.5 Å². The Balaban J connectivity index is 1.56. The zero-order valence-electron chi connectivity index (χ0n) is 18.0. The number of amides is 2. The Morgan fingerprint density at radius 3 is 2.50 bits per heavy atom. The molecule has 1 aliphatic heterocycles. The Morgan fingerprint density at radius 2 is 1.79 bits per heavy atom. The first kappa shape index (κ1) is 22.1. The fraction of sp³-hybridized carbons (Fsp3) is 0.240. The van der Waals surface area contributed by atoms with Crippen LogP contribution in [-0.2, 0) is 17.3 Å². The highest BCUT2D eigenvalue weighted by atomic mass is 19.4. The predicted molar refractivity (Wildman–Crippen MR) is 118 cm³/mol. The van der Waals surface area contributed by atoms with Crippen LogP contribution in [0.4, 0.5) is 13.2 Å². The van der Waals surface area contributed by atoms with E-state index < -0.39 is 17.6 Å². The number of nitrogens with zero attached hydrogens (tertiary/aromatic N) is 2. The standard InChI is InChI=1S/C25H20F3N3O3/c26-25(27,28)17-3-1-2-14(11-17)21-13-20(23(29)32)19-12-16-10-15(4-5-18(16)22(19)30-21)24(33)31-6-8-34-9-7-31/h1-5,10-11,13H,6-9,12H2,(H2,29,32). The van der Waals surface area contributed by atoms with Crippen LogP contribution in [0.3, 0.4) is 0 Å². The van der Waals surface area contributed by atoms with Crippen molar-refractivity contribution in [2.45, 2.75) is 12.6 Å². The van der Waals surface area contributed by atoms with E-state index in [-0.39, 0.29) is 22.7 Å². The fourth-order valence-corrected chi connectivity index (χ4v) is 4.44. The first-order chi connectivity index (χ1) is 16.2. The van der Waals surface area contributed by atoms with Crippen molar-refractivity contribution in [1.29, 1.82) is 0 Å². The average molecular weight is 467 g/mol. The Morgan fingerprint density at radius 1 is 1.03 bits per heavy atom. The van der Waals surface area contributed by atoms with Crippen molar-refractivity contribution in [3.63, 3.8) is 0 Å².